The first-order valence-electron chi connectivity index (χ1n) is 9.13. The Morgan fingerprint density at radius 1 is 1.08 bits per heavy atom. The van der Waals surface area contributed by atoms with Crippen LogP contribution in [0.5, 0.6) is 5.75 Å². The van der Waals surface area contributed by atoms with Crippen molar-refractivity contribution in [3.63, 3.8) is 0 Å². The minimum Gasteiger partial charge on any atom is -0.493 e. The van der Waals surface area contributed by atoms with Crippen molar-refractivity contribution in [1.29, 1.82) is 0 Å². The van der Waals surface area contributed by atoms with Crippen molar-refractivity contribution in [3.05, 3.63) is 64.7 Å². The normalized spacial score (nSPS) is 16.5. The average molecular weight is 337 g/mol. The number of carbonyl (C=O) groups is 1. The summed E-state index contributed by atoms with van der Waals surface area (Å²) >= 11 is 0. The van der Waals surface area contributed by atoms with E-state index in [0.29, 0.717) is 18.4 Å². The van der Waals surface area contributed by atoms with Gasteiger partial charge in [-0.3, -0.25) is 4.79 Å². The van der Waals surface area contributed by atoms with Gasteiger partial charge in [0.15, 0.2) is 0 Å². The maximum atomic E-state index is 13.0. The van der Waals surface area contributed by atoms with Gasteiger partial charge >= 0.3 is 0 Å². The van der Waals surface area contributed by atoms with Gasteiger partial charge in [-0.1, -0.05) is 58.0 Å². The van der Waals surface area contributed by atoms with Crippen LogP contribution in [0.2, 0.25) is 0 Å². The number of benzene rings is 2. The number of hydrogen-bond acceptors (Lipinski definition) is 2. The summed E-state index contributed by atoms with van der Waals surface area (Å²) in [5, 5.41) is 3.22. The highest BCUT2D eigenvalue weighted by Crippen LogP contribution is 2.32. The topological polar surface area (TPSA) is 38.3 Å². The van der Waals surface area contributed by atoms with Crippen LogP contribution in [0.15, 0.2) is 42.5 Å². The fraction of sp³-hybridized carbons (Fsp3) is 0.409. The van der Waals surface area contributed by atoms with Crippen molar-refractivity contribution in [2.45, 2.75) is 52.0 Å². The minimum atomic E-state index is 0.000657. The molecule has 0 unspecified atom stereocenters. The first-order chi connectivity index (χ1) is 12.0. The SMILES string of the molecule is CC(C)c1ccc(C(=O)N[C@H]2CCOc3ccccc32)c(C(C)C)c1. The number of para-hydroxylation sites is 1. The fourth-order valence-corrected chi connectivity index (χ4v) is 3.35. The van der Waals surface area contributed by atoms with E-state index in [2.05, 4.69) is 45.1 Å². The molecule has 132 valence electrons. The van der Waals surface area contributed by atoms with Crippen molar-refractivity contribution in [3.8, 4) is 5.75 Å². The van der Waals surface area contributed by atoms with Crippen LogP contribution in [0.4, 0.5) is 0 Å². The molecule has 3 heteroatoms. The van der Waals surface area contributed by atoms with E-state index >= 15 is 0 Å². The van der Waals surface area contributed by atoms with Crippen LogP contribution >= 0.6 is 0 Å². The van der Waals surface area contributed by atoms with E-state index in [0.717, 1.165) is 28.9 Å². The molecule has 0 saturated heterocycles. The van der Waals surface area contributed by atoms with Gasteiger partial charge in [0.05, 0.1) is 12.6 Å². The molecule has 1 amide bonds. The largest absolute Gasteiger partial charge is 0.493 e. The summed E-state index contributed by atoms with van der Waals surface area (Å²) in [7, 11) is 0. The summed E-state index contributed by atoms with van der Waals surface area (Å²) in [5.74, 6) is 1.64. The van der Waals surface area contributed by atoms with E-state index < -0.39 is 0 Å². The smallest absolute Gasteiger partial charge is 0.252 e. The third-order valence-electron chi connectivity index (χ3n) is 4.87. The Balaban J connectivity index is 1.87. The lowest BCUT2D eigenvalue weighted by molar-refractivity contribution is 0.0923. The van der Waals surface area contributed by atoms with Gasteiger partial charge in [0.25, 0.3) is 5.91 Å². The maximum Gasteiger partial charge on any atom is 0.252 e. The molecule has 2 aromatic carbocycles. The van der Waals surface area contributed by atoms with Gasteiger partial charge in [-0.25, -0.2) is 0 Å². The van der Waals surface area contributed by atoms with E-state index in [1.165, 1.54) is 5.56 Å². The van der Waals surface area contributed by atoms with Gasteiger partial charge in [0.1, 0.15) is 5.75 Å². The van der Waals surface area contributed by atoms with Crippen LogP contribution in [0.1, 0.15) is 79.0 Å². The maximum absolute atomic E-state index is 13.0. The third kappa shape index (κ3) is 3.71. The third-order valence-corrected chi connectivity index (χ3v) is 4.87. The quantitative estimate of drug-likeness (QED) is 0.834. The van der Waals surface area contributed by atoms with Gasteiger partial charge in [-0.05, 0) is 35.1 Å². The van der Waals surface area contributed by atoms with Crippen LogP contribution in [-0.4, -0.2) is 12.5 Å². The van der Waals surface area contributed by atoms with Crippen LogP contribution in [-0.2, 0) is 0 Å². The van der Waals surface area contributed by atoms with E-state index in [-0.39, 0.29) is 11.9 Å². The van der Waals surface area contributed by atoms with Crippen molar-refractivity contribution >= 4 is 5.91 Å². The lowest BCUT2D eigenvalue weighted by atomic mass is 9.91. The zero-order chi connectivity index (χ0) is 18.0. The number of ether oxygens (including phenoxy) is 1. The molecule has 1 atom stereocenters. The summed E-state index contributed by atoms with van der Waals surface area (Å²) < 4.78 is 5.69. The van der Waals surface area contributed by atoms with Crippen molar-refractivity contribution in [2.24, 2.45) is 0 Å². The lowest BCUT2D eigenvalue weighted by Crippen LogP contribution is -2.32. The van der Waals surface area contributed by atoms with Gasteiger partial charge in [0, 0.05) is 17.5 Å². The van der Waals surface area contributed by atoms with Crippen LogP contribution < -0.4 is 10.1 Å². The Kier molecular flexibility index (Phi) is 5.12. The van der Waals surface area contributed by atoms with E-state index in [4.69, 9.17) is 4.74 Å². The van der Waals surface area contributed by atoms with E-state index in [1.807, 2.05) is 30.3 Å². The second-order valence-electron chi connectivity index (χ2n) is 7.36. The summed E-state index contributed by atoms with van der Waals surface area (Å²) in [6.45, 7) is 9.27. The minimum absolute atomic E-state index is 0.000657. The Hall–Kier alpha value is -2.29. The van der Waals surface area contributed by atoms with Gasteiger partial charge in [-0.15, -0.1) is 0 Å². The molecule has 2 aromatic rings. The van der Waals surface area contributed by atoms with Crippen molar-refractivity contribution in [1.82, 2.24) is 5.32 Å². The molecule has 3 nitrogen and oxygen atoms in total. The molecular formula is C22H27NO2. The second kappa shape index (κ2) is 7.30. The molecule has 0 bridgehead atoms. The standard InChI is InChI=1S/C22H27NO2/c1-14(2)16-9-10-17(19(13-16)15(3)4)22(24)23-20-11-12-25-21-8-6-5-7-18(20)21/h5-10,13-15,20H,11-12H2,1-4H3,(H,23,24)/t20-/m0/s1. The summed E-state index contributed by atoms with van der Waals surface area (Å²) in [5.41, 5.74) is 4.23. The van der Waals surface area contributed by atoms with Crippen LogP contribution in [0, 0.1) is 0 Å². The number of nitrogens with one attached hydrogen (secondary N) is 1. The molecule has 0 fully saturated rings. The molecule has 0 radical (unpaired) electrons. The Morgan fingerprint density at radius 2 is 1.84 bits per heavy atom. The zero-order valence-corrected chi connectivity index (χ0v) is 15.5. The molecule has 3 rings (SSSR count). The predicted molar refractivity (Wildman–Crippen MR) is 101 cm³/mol. The first-order valence-corrected chi connectivity index (χ1v) is 9.13. The van der Waals surface area contributed by atoms with Crippen LogP contribution in [0.3, 0.4) is 0 Å². The zero-order valence-electron chi connectivity index (χ0n) is 15.5. The van der Waals surface area contributed by atoms with Gasteiger partial charge in [-0.2, -0.15) is 0 Å². The highest BCUT2D eigenvalue weighted by molar-refractivity contribution is 5.96. The molecule has 25 heavy (non-hydrogen) atoms. The molecule has 0 aromatic heterocycles. The molecule has 1 heterocycles. The second-order valence-corrected chi connectivity index (χ2v) is 7.36. The molecule has 0 spiro atoms. The van der Waals surface area contributed by atoms with E-state index in [9.17, 15) is 4.79 Å². The number of rotatable bonds is 4. The van der Waals surface area contributed by atoms with Gasteiger partial charge < -0.3 is 10.1 Å². The molecular weight excluding hydrogens is 310 g/mol. The molecule has 0 aliphatic carbocycles. The van der Waals surface area contributed by atoms with Crippen molar-refractivity contribution in [2.75, 3.05) is 6.61 Å². The van der Waals surface area contributed by atoms with Crippen molar-refractivity contribution < 1.29 is 9.53 Å². The Morgan fingerprint density at radius 3 is 2.56 bits per heavy atom. The molecule has 1 N–H and O–H groups in total. The van der Waals surface area contributed by atoms with Crippen LogP contribution in [0.25, 0.3) is 0 Å². The summed E-state index contributed by atoms with van der Waals surface area (Å²) in [4.78, 5) is 13.0. The average Bonchev–Trinajstić information content (AvgIpc) is 2.61. The predicted octanol–water partition coefficient (Wildman–Crippen LogP) is 5.19. The number of hydrogen-bond donors (Lipinski definition) is 1. The first kappa shape index (κ1) is 17.5. The number of amides is 1. The monoisotopic (exact) mass is 337 g/mol. The fourth-order valence-electron chi connectivity index (χ4n) is 3.35. The summed E-state index contributed by atoms with van der Waals surface area (Å²) in [6.07, 6.45) is 0.795. The lowest BCUT2D eigenvalue weighted by Gasteiger charge is -2.27. The highest BCUT2D eigenvalue weighted by Gasteiger charge is 2.24. The van der Waals surface area contributed by atoms with E-state index in [1.54, 1.807) is 0 Å². The number of carbonyl (C=O) groups excluding carboxylic acids is 1. The molecule has 1 aliphatic heterocycles. The Bertz CT molecular complexity index is 764. The molecule has 0 saturated carbocycles. The molecule has 1 aliphatic rings. The number of fused-ring (bicyclic) bond motifs is 1. The Labute approximate surface area is 150 Å². The summed E-state index contributed by atoms with van der Waals surface area (Å²) in [6, 6.07) is 14.2. The highest BCUT2D eigenvalue weighted by atomic mass is 16.5. The van der Waals surface area contributed by atoms with Gasteiger partial charge in [0.2, 0.25) is 0 Å².